The van der Waals surface area contributed by atoms with E-state index in [0.29, 0.717) is 23.3 Å². The van der Waals surface area contributed by atoms with Crippen molar-refractivity contribution in [2.24, 2.45) is 0 Å². The summed E-state index contributed by atoms with van der Waals surface area (Å²) in [4.78, 5) is 10.6. The van der Waals surface area contributed by atoms with E-state index in [-0.39, 0.29) is 5.75 Å². The predicted molar refractivity (Wildman–Crippen MR) is 49.4 cm³/mol. The van der Waals surface area contributed by atoms with Crippen LogP contribution in [0.4, 0.5) is 0 Å². The van der Waals surface area contributed by atoms with Gasteiger partial charge in [-0.05, 0) is 18.6 Å². The second-order valence-electron chi connectivity index (χ2n) is 2.66. The molecule has 0 saturated carbocycles. The minimum atomic E-state index is 0.171. The number of carbonyl (C=O) groups excluding carboxylic acids is 1. The molecule has 0 heterocycles. The number of phenols is 1. The van der Waals surface area contributed by atoms with Crippen molar-refractivity contribution < 1.29 is 14.6 Å². The number of phenolic OH excluding ortho intramolecular Hbond substituents is 1. The van der Waals surface area contributed by atoms with Crippen molar-refractivity contribution in [3.05, 3.63) is 23.3 Å². The monoisotopic (exact) mass is 180 g/mol. The molecule has 0 unspecified atom stereocenters. The third-order valence-corrected chi connectivity index (χ3v) is 1.95. The number of hydrogen-bond donors (Lipinski definition) is 1. The Balaban J connectivity index is 3.35. The molecule has 0 aliphatic heterocycles. The van der Waals surface area contributed by atoms with Crippen LogP contribution in [0.1, 0.15) is 22.8 Å². The number of aldehydes is 1. The highest BCUT2D eigenvalue weighted by Gasteiger charge is 2.10. The van der Waals surface area contributed by atoms with E-state index < -0.39 is 0 Å². The van der Waals surface area contributed by atoms with Crippen molar-refractivity contribution in [1.82, 2.24) is 0 Å². The average Bonchev–Trinajstić information content (AvgIpc) is 2.17. The van der Waals surface area contributed by atoms with Crippen LogP contribution in [0.5, 0.6) is 11.5 Å². The van der Waals surface area contributed by atoms with E-state index in [1.807, 2.05) is 6.92 Å². The van der Waals surface area contributed by atoms with Gasteiger partial charge in [-0.15, -0.1) is 0 Å². The summed E-state index contributed by atoms with van der Waals surface area (Å²) in [6, 6.07) is 3.05. The molecule has 0 bridgehead atoms. The lowest BCUT2D eigenvalue weighted by atomic mass is 10.1. The maximum Gasteiger partial charge on any atom is 0.153 e. The Bertz CT molecular complexity index is 318. The highest BCUT2D eigenvalue weighted by atomic mass is 16.5. The molecule has 1 aromatic carbocycles. The van der Waals surface area contributed by atoms with E-state index in [0.717, 1.165) is 6.29 Å². The Morgan fingerprint density at radius 3 is 2.69 bits per heavy atom. The van der Waals surface area contributed by atoms with E-state index in [4.69, 9.17) is 4.74 Å². The molecule has 0 fully saturated rings. The Kier molecular flexibility index (Phi) is 2.90. The highest BCUT2D eigenvalue weighted by molar-refractivity contribution is 5.81. The van der Waals surface area contributed by atoms with E-state index in [9.17, 15) is 9.90 Å². The highest BCUT2D eigenvalue weighted by Crippen LogP contribution is 2.30. The molecule has 1 N–H and O–H groups in total. The molecule has 0 aliphatic rings. The molecule has 0 aliphatic carbocycles. The molecule has 0 saturated heterocycles. The van der Waals surface area contributed by atoms with Gasteiger partial charge in [0, 0.05) is 5.56 Å². The molecule has 0 radical (unpaired) electrons. The van der Waals surface area contributed by atoms with Gasteiger partial charge in [0.2, 0.25) is 0 Å². The largest absolute Gasteiger partial charge is 0.508 e. The van der Waals surface area contributed by atoms with Crippen LogP contribution in [0, 0.1) is 0 Å². The zero-order valence-corrected chi connectivity index (χ0v) is 7.70. The summed E-state index contributed by atoms with van der Waals surface area (Å²) >= 11 is 0. The van der Waals surface area contributed by atoms with Crippen LogP contribution in [-0.2, 0) is 6.42 Å². The summed E-state index contributed by atoms with van der Waals surface area (Å²) in [5.74, 6) is 0.641. The maximum absolute atomic E-state index is 10.6. The maximum atomic E-state index is 10.6. The van der Waals surface area contributed by atoms with E-state index in [2.05, 4.69) is 0 Å². The molecule has 0 spiro atoms. The minimum Gasteiger partial charge on any atom is -0.508 e. The molecule has 3 heteroatoms. The van der Waals surface area contributed by atoms with Crippen LogP contribution in [0.15, 0.2) is 12.1 Å². The van der Waals surface area contributed by atoms with Gasteiger partial charge in [-0.2, -0.15) is 0 Å². The summed E-state index contributed by atoms with van der Waals surface area (Å²) in [6.07, 6.45) is 1.36. The summed E-state index contributed by atoms with van der Waals surface area (Å²) in [6.45, 7) is 1.89. The van der Waals surface area contributed by atoms with Crippen LogP contribution in [0.25, 0.3) is 0 Å². The SMILES string of the molecule is CCc1c(O)ccc(C=O)c1OC. The summed E-state index contributed by atoms with van der Waals surface area (Å²) in [5, 5.41) is 9.45. The first-order valence-corrected chi connectivity index (χ1v) is 4.08. The van der Waals surface area contributed by atoms with Gasteiger partial charge in [0.1, 0.15) is 11.5 Å². The van der Waals surface area contributed by atoms with E-state index in [1.165, 1.54) is 13.2 Å². The first-order chi connectivity index (χ1) is 6.24. The van der Waals surface area contributed by atoms with Crippen LogP contribution in [0.3, 0.4) is 0 Å². The summed E-state index contributed by atoms with van der Waals surface area (Å²) < 4.78 is 5.05. The first-order valence-electron chi connectivity index (χ1n) is 4.08. The van der Waals surface area contributed by atoms with Crippen LogP contribution in [-0.4, -0.2) is 18.5 Å². The van der Waals surface area contributed by atoms with Crippen molar-refractivity contribution in [1.29, 1.82) is 0 Å². The Hall–Kier alpha value is -1.51. The second-order valence-corrected chi connectivity index (χ2v) is 2.66. The lowest BCUT2D eigenvalue weighted by Gasteiger charge is -2.10. The van der Waals surface area contributed by atoms with Gasteiger partial charge in [-0.3, -0.25) is 4.79 Å². The Labute approximate surface area is 77.0 Å². The molecular formula is C10H12O3. The Morgan fingerprint density at radius 2 is 2.23 bits per heavy atom. The van der Waals surface area contributed by atoms with Crippen molar-refractivity contribution in [2.75, 3.05) is 7.11 Å². The lowest BCUT2D eigenvalue weighted by molar-refractivity contribution is 0.112. The zero-order chi connectivity index (χ0) is 9.84. The molecule has 1 aromatic rings. The zero-order valence-electron chi connectivity index (χ0n) is 7.70. The number of aromatic hydroxyl groups is 1. The van der Waals surface area contributed by atoms with Gasteiger partial charge < -0.3 is 9.84 Å². The molecule has 13 heavy (non-hydrogen) atoms. The van der Waals surface area contributed by atoms with E-state index >= 15 is 0 Å². The van der Waals surface area contributed by atoms with E-state index in [1.54, 1.807) is 6.07 Å². The summed E-state index contributed by atoms with van der Waals surface area (Å²) in [5.41, 5.74) is 1.14. The first kappa shape index (κ1) is 9.58. The number of methoxy groups -OCH3 is 1. The third-order valence-electron chi connectivity index (χ3n) is 1.95. The normalized spacial score (nSPS) is 9.69. The van der Waals surface area contributed by atoms with Crippen LogP contribution in [0.2, 0.25) is 0 Å². The van der Waals surface area contributed by atoms with Crippen molar-refractivity contribution in [3.8, 4) is 11.5 Å². The fourth-order valence-corrected chi connectivity index (χ4v) is 1.31. The van der Waals surface area contributed by atoms with Crippen molar-refractivity contribution in [3.63, 3.8) is 0 Å². The summed E-state index contributed by atoms with van der Waals surface area (Å²) in [7, 11) is 1.49. The standard InChI is InChI=1S/C10H12O3/c1-3-8-9(12)5-4-7(6-11)10(8)13-2/h4-6,12H,3H2,1-2H3. The average molecular weight is 180 g/mol. The second kappa shape index (κ2) is 3.94. The fourth-order valence-electron chi connectivity index (χ4n) is 1.31. The Morgan fingerprint density at radius 1 is 1.54 bits per heavy atom. The molecule has 3 nitrogen and oxygen atoms in total. The van der Waals surface area contributed by atoms with Gasteiger partial charge >= 0.3 is 0 Å². The van der Waals surface area contributed by atoms with Crippen LogP contribution >= 0.6 is 0 Å². The van der Waals surface area contributed by atoms with Crippen LogP contribution < -0.4 is 4.74 Å². The van der Waals surface area contributed by atoms with Gasteiger partial charge in [-0.25, -0.2) is 0 Å². The number of carbonyl (C=O) groups is 1. The van der Waals surface area contributed by atoms with Gasteiger partial charge in [0.15, 0.2) is 6.29 Å². The third kappa shape index (κ3) is 1.64. The van der Waals surface area contributed by atoms with Crippen molar-refractivity contribution in [2.45, 2.75) is 13.3 Å². The molecule has 0 aromatic heterocycles. The van der Waals surface area contributed by atoms with Gasteiger partial charge in [-0.1, -0.05) is 6.92 Å². The number of benzene rings is 1. The predicted octanol–water partition coefficient (Wildman–Crippen LogP) is 1.78. The molecule has 0 atom stereocenters. The number of ether oxygens (including phenoxy) is 1. The topological polar surface area (TPSA) is 46.5 Å². The number of hydrogen-bond acceptors (Lipinski definition) is 3. The van der Waals surface area contributed by atoms with Gasteiger partial charge in [0.05, 0.1) is 12.7 Å². The molecular weight excluding hydrogens is 168 g/mol. The quantitative estimate of drug-likeness (QED) is 0.721. The molecule has 70 valence electrons. The smallest absolute Gasteiger partial charge is 0.153 e. The molecule has 0 amide bonds. The molecule has 1 rings (SSSR count). The van der Waals surface area contributed by atoms with Gasteiger partial charge in [0.25, 0.3) is 0 Å². The van der Waals surface area contributed by atoms with Crippen molar-refractivity contribution >= 4 is 6.29 Å². The fraction of sp³-hybridized carbons (Fsp3) is 0.300. The lowest BCUT2D eigenvalue weighted by Crippen LogP contribution is -1.96. The number of rotatable bonds is 3. The minimum absolute atomic E-state index is 0.171.